The largest absolute Gasteiger partial charge is 0.444 e. The molecule has 0 aliphatic carbocycles. The van der Waals surface area contributed by atoms with E-state index in [2.05, 4.69) is 4.98 Å². The predicted molar refractivity (Wildman–Crippen MR) is 59.3 cm³/mol. The van der Waals surface area contributed by atoms with Gasteiger partial charge in [0.25, 0.3) is 0 Å². The van der Waals surface area contributed by atoms with Crippen molar-refractivity contribution in [1.29, 1.82) is 0 Å². The van der Waals surface area contributed by atoms with Crippen LogP contribution in [0.4, 0.5) is 4.39 Å². The summed E-state index contributed by atoms with van der Waals surface area (Å²) >= 11 is 0. The molecule has 0 aliphatic heterocycles. The van der Waals surface area contributed by atoms with Crippen molar-refractivity contribution in [1.82, 2.24) is 4.98 Å². The van der Waals surface area contributed by atoms with Crippen LogP contribution in [0.25, 0.3) is 11.3 Å². The van der Waals surface area contributed by atoms with Crippen molar-refractivity contribution in [3.63, 3.8) is 0 Å². The Kier molecular flexibility index (Phi) is 2.75. The van der Waals surface area contributed by atoms with E-state index < -0.39 is 0 Å². The molecule has 1 aromatic carbocycles. The van der Waals surface area contributed by atoms with Gasteiger partial charge in [-0.05, 0) is 30.7 Å². The van der Waals surface area contributed by atoms with E-state index in [9.17, 15) is 4.39 Å². The molecule has 1 aromatic heterocycles. The Morgan fingerprint density at radius 2 is 2.12 bits per heavy atom. The SMILES string of the molecule is Cc1nc(-c2ccc(F)c(C)c2)c(CN)o1. The van der Waals surface area contributed by atoms with Crippen LogP contribution in [0.3, 0.4) is 0 Å². The molecule has 2 rings (SSSR count). The first-order valence-corrected chi connectivity index (χ1v) is 5.04. The molecule has 1 heterocycles. The lowest BCUT2D eigenvalue weighted by Gasteiger charge is -2.01. The molecule has 0 aliphatic rings. The molecule has 0 saturated heterocycles. The topological polar surface area (TPSA) is 52.0 Å². The molecule has 2 aromatic rings. The molecule has 0 unspecified atom stereocenters. The number of hydrogen-bond acceptors (Lipinski definition) is 3. The van der Waals surface area contributed by atoms with Crippen molar-refractivity contribution < 1.29 is 8.81 Å². The quantitative estimate of drug-likeness (QED) is 0.846. The highest BCUT2D eigenvalue weighted by atomic mass is 19.1. The van der Waals surface area contributed by atoms with E-state index in [0.29, 0.717) is 22.9 Å². The number of nitrogens with zero attached hydrogens (tertiary/aromatic N) is 1. The van der Waals surface area contributed by atoms with E-state index >= 15 is 0 Å². The van der Waals surface area contributed by atoms with E-state index in [0.717, 1.165) is 5.56 Å². The van der Waals surface area contributed by atoms with Gasteiger partial charge in [0.05, 0.1) is 6.54 Å². The van der Waals surface area contributed by atoms with E-state index in [1.54, 1.807) is 26.0 Å². The molecule has 0 radical (unpaired) electrons. The van der Waals surface area contributed by atoms with Crippen LogP contribution in [0.2, 0.25) is 0 Å². The average Bonchev–Trinajstić information content (AvgIpc) is 2.63. The van der Waals surface area contributed by atoms with Crippen molar-refractivity contribution in [3.8, 4) is 11.3 Å². The fourth-order valence-electron chi connectivity index (χ4n) is 1.63. The second-order valence-corrected chi connectivity index (χ2v) is 3.67. The smallest absolute Gasteiger partial charge is 0.191 e. The Balaban J connectivity index is 2.53. The summed E-state index contributed by atoms with van der Waals surface area (Å²) in [5, 5.41) is 0. The summed E-state index contributed by atoms with van der Waals surface area (Å²) in [5.74, 6) is 0.971. The molecule has 0 bridgehead atoms. The number of benzene rings is 1. The van der Waals surface area contributed by atoms with Crippen LogP contribution < -0.4 is 5.73 Å². The van der Waals surface area contributed by atoms with Gasteiger partial charge >= 0.3 is 0 Å². The zero-order valence-electron chi connectivity index (χ0n) is 9.25. The van der Waals surface area contributed by atoms with Gasteiger partial charge in [-0.15, -0.1) is 0 Å². The first kappa shape index (κ1) is 10.8. The Morgan fingerprint density at radius 1 is 1.38 bits per heavy atom. The second kappa shape index (κ2) is 4.06. The third-order valence-electron chi connectivity index (χ3n) is 2.42. The predicted octanol–water partition coefficient (Wildman–Crippen LogP) is 2.56. The monoisotopic (exact) mass is 220 g/mol. The van der Waals surface area contributed by atoms with E-state index in [4.69, 9.17) is 10.2 Å². The third kappa shape index (κ3) is 1.84. The maximum atomic E-state index is 13.1. The second-order valence-electron chi connectivity index (χ2n) is 3.67. The Bertz CT molecular complexity index is 520. The van der Waals surface area contributed by atoms with Gasteiger partial charge in [0, 0.05) is 12.5 Å². The highest BCUT2D eigenvalue weighted by molar-refractivity contribution is 5.62. The normalized spacial score (nSPS) is 10.8. The van der Waals surface area contributed by atoms with Gasteiger partial charge in [-0.3, -0.25) is 0 Å². The molecule has 84 valence electrons. The molecule has 0 fully saturated rings. The maximum Gasteiger partial charge on any atom is 0.191 e. The van der Waals surface area contributed by atoms with Crippen molar-refractivity contribution in [2.75, 3.05) is 0 Å². The van der Waals surface area contributed by atoms with Crippen LogP contribution in [0.1, 0.15) is 17.2 Å². The summed E-state index contributed by atoms with van der Waals surface area (Å²) in [6.45, 7) is 3.76. The molecule has 2 N–H and O–H groups in total. The third-order valence-corrected chi connectivity index (χ3v) is 2.42. The van der Waals surface area contributed by atoms with Crippen LogP contribution >= 0.6 is 0 Å². The number of halogens is 1. The van der Waals surface area contributed by atoms with Gasteiger partial charge in [-0.1, -0.05) is 0 Å². The Labute approximate surface area is 93.1 Å². The van der Waals surface area contributed by atoms with Crippen LogP contribution in [-0.2, 0) is 6.54 Å². The number of aryl methyl sites for hydroxylation is 2. The van der Waals surface area contributed by atoms with Gasteiger partial charge in [-0.25, -0.2) is 9.37 Å². The van der Waals surface area contributed by atoms with Gasteiger partial charge in [0.2, 0.25) is 0 Å². The molecule has 4 heteroatoms. The molecule has 16 heavy (non-hydrogen) atoms. The van der Waals surface area contributed by atoms with Crippen molar-refractivity contribution in [2.24, 2.45) is 5.73 Å². The van der Waals surface area contributed by atoms with Crippen LogP contribution in [-0.4, -0.2) is 4.98 Å². The average molecular weight is 220 g/mol. The summed E-state index contributed by atoms with van der Waals surface area (Å²) in [4.78, 5) is 4.25. The van der Waals surface area contributed by atoms with Gasteiger partial charge in [-0.2, -0.15) is 0 Å². The Morgan fingerprint density at radius 3 is 2.75 bits per heavy atom. The number of nitrogens with two attached hydrogens (primary N) is 1. The molecule has 0 atom stereocenters. The first-order valence-electron chi connectivity index (χ1n) is 5.04. The number of hydrogen-bond donors (Lipinski definition) is 1. The summed E-state index contributed by atoms with van der Waals surface area (Å²) in [5.41, 5.74) is 7.67. The van der Waals surface area contributed by atoms with Crippen LogP contribution in [0.5, 0.6) is 0 Å². The Hall–Kier alpha value is -1.68. The van der Waals surface area contributed by atoms with Crippen LogP contribution in [0, 0.1) is 19.7 Å². The van der Waals surface area contributed by atoms with Crippen LogP contribution in [0.15, 0.2) is 22.6 Å². The highest BCUT2D eigenvalue weighted by Gasteiger charge is 2.12. The minimum Gasteiger partial charge on any atom is -0.444 e. The highest BCUT2D eigenvalue weighted by Crippen LogP contribution is 2.25. The summed E-state index contributed by atoms with van der Waals surface area (Å²) in [6.07, 6.45) is 0. The lowest BCUT2D eigenvalue weighted by atomic mass is 10.1. The molecule has 0 saturated carbocycles. The molecular formula is C12H13FN2O. The van der Waals surface area contributed by atoms with Crippen molar-refractivity contribution in [2.45, 2.75) is 20.4 Å². The number of oxazole rings is 1. The molecule has 3 nitrogen and oxygen atoms in total. The van der Waals surface area contributed by atoms with Gasteiger partial charge in [0.15, 0.2) is 5.89 Å². The summed E-state index contributed by atoms with van der Waals surface area (Å²) in [6, 6.07) is 4.85. The summed E-state index contributed by atoms with van der Waals surface area (Å²) in [7, 11) is 0. The number of aromatic nitrogens is 1. The van der Waals surface area contributed by atoms with E-state index in [-0.39, 0.29) is 12.4 Å². The van der Waals surface area contributed by atoms with Crippen molar-refractivity contribution in [3.05, 3.63) is 41.2 Å². The molecular weight excluding hydrogens is 207 g/mol. The molecule has 0 amide bonds. The zero-order chi connectivity index (χ0) is 11.7. The van der Waals surface area contributed by atoms with E-state index in [1.807, 2.05) is 0 Å². The standard InChI is InChI=1S/C12H13FN2O/c1-7-5-9(3-4-10(7)13)12-11(6-14)16-8(2)15-12/h3-5H,6,14H2,1-2H3. The van der Waals surface area contributed by atoms with Gasteiger partial charge in [0.1, 0.15) is 17.3 Å². The van der Waals surface area contributed by atoms with Gasteiger partial charge < -0.3 is 10.2 Å². The maximum absolute atomic E-state index is 13.1. The minimum absolute atomic E-state index is 0.224. The van der Waals surface area contributed by atoms with Crippen molar-refractivity contribution >= 4 is 0 Å². The fraction of sp³-hybridized carbons (Fsp3) is 0.250. The minimum atomic E-state index is -0.224. The lowest BCUT2D eigenvalue weighted by Crippen LogP contribution is -1.97. The summed E-state index contributed by atoms with van der Waals surface area (Å²) < 4.78 is 18.5. The first-order chi connectivity index (χ1) is 7.61. The molecule has 0 spiro atoms. The lowest BCUT2D eigenvalue weighted by molar-refractivity contribution is 0.477. The number of rotatable bonds is 2. The zero-order valence-corrected chi connectivity index (χ0v) is 9.25. The van der Waals surface area contributed by atoms with E-state index in [1.165, 1.54) is 6.07 Å². The fourth-order valence-corrected chi connectivity index (χ4v) is 1.63.